The second-order valence-corrected chi connectivity index (χ2v) is 5.39. The number of piperidine rings is 1. The van der Waals surface area contributed by atoms with E-state index in [-0.39, 0.29) is 0 Å². The van der Waals surface area contributed by atoms with Crippen LogP contribution in [0, 0.1) is 5.92 Å². The number of aromatic nitrogens is 3. The number of hydrogen-bond acceptors (Lipinski definition) is 6. The van der Waals surface area contributed by atoms with Crippen LogP contribution in [-0.4, -0.2) is 48.7 Å². The molecule has 2 heterocycles. The number of hydrogen-bond donors (Lipinski definition) is 1. The summed E-state index contributed by atoms with van der Waals surface area (Å²) in [5.74, 6) is 3.02. The van der Waals surface area contributed by atoms with Crippen LogP contribution in [0.25, 0.3) is 0 Å². The standard InChI is InChI=1S/C12H20N6/c1-13-10-14-11(17(2)3)16-12(15-10)18-7-8-4-5-9(18)6-8/h8-9H,4-7H2,1-3H3,(H,13,14,15,16). The van der Waals surface area contributed by atoms with Crippen LogP contribution in [0.5, 0.6) is 0 Å². The van der Waals surface area contributed by atoms with Gasteiger partial charge in [-0.15, -0.1) is 0 Å². The van der Waals surface area contributed by atoms with Crippen molar-refractivity contribution in [2.45, 2.75) is 25.3 Å². The Labute approximate surface area is 107 Å². The van der Waals surface area contributed by atoms with Crippen molar-refractivity contribution in [1.29, 1.82) is 0 Å². The van der Waals surface area contributed by atoms with E-state index in [1.807, 2.05) is 26.0 Å². The van der Waals surface area contributed by atoms with E-state index in [1.165, 1.54) is 19.3 Å². The highest BCUT2D eigenvalue weighted by molar-refractivity contribution is 5.46. The molecule has 2 atom stereocenters. The lowest BCUT2D eigenvalue weighted by atomic mass is 10.1. The minimum absolute atomic E-state index is 0.636. The topological polar surface area (TPSA) is 57.2 Å². The zero-order chi connectivity index (χ0) is 12.7. The van der Waals surface area contributed by atoms with Crippen molar-refractivity contribution < 1.29 is 0 Å². The summed E-state index contributed by atoms with van der Waals surface area (Å²) < 4.78 is 0. The summed E-state index contributed by atoms with van der Waals surface area (Å²) in [7, 11) is 5.75. The fraction of sp³-hybridized carbons (Fsp3) is 0.750. The summed E-state index contributed by atoms with van der Waals surface area (Å²) in [5.41, 5.74) is 0. The van der Waals surface area contributed by atoms with Crippen LogP contribution in [0.4, 0.5) is 17.8 Å². The molecule has 1 aromatic heterocycles. The van der Waals surface area contributed by atoms with E-state index in [2.05, 4.69) is 25.2 Å². The zero-order valence-electron chi connectivity index (χ0n) is 11.2. The largest absolute Gasteiger partial charge is 0.357 e. The molecule has 1 aliphatic carbocycles. The average molecular weight is 248 g/mol. The summed E-state index contributed by atoms with van der Waals surface area (Å²) >= 11 is 0. The van der Waals surface area contributed by atoms with Gasteiger partial charge in [0.1, 0.15) is 0 Å². The molecular formula is C12H20N6. The smallest absolute Gasteiger partial charge is 0.232 e. The molecule has 18 heavy (non-hydrogen) atoms. The first-order chi connectivity index (χ1) is 8.67. The summed E-state index contributed by atoms with van der Waals surface area (Å²) in [6.45, 7) is 1.10. The van der Waals surface area contributed by atoms with Gasteiger partial charge in [-0.1, -0.05) is 0 Å². The van der Waals surface area contributed by atoms with E-state index in [4.69, 9.17) is 0 Å². The molecule has 1 aliphatic heterocycles. The number of nitrogens with zero attached hydrogens (tertiary/aromatic N) is 5. The van der Waals surface area contributed by atoms with Gasteiger partial charge in [-0.25, -0.2) is 0 Å². The minimum Gasteiger partial charge on any atom is -0.357 e. The highest BCUT2D eigenvalue weighted by Crippen LogP contribution is 2.39. The molecule has 2 aliphatic rings. The fourth-order valence-electron chi connectivity index (χ4n) is 2.96. The Morgan fingerprint density at radius 1 is 1.22 bits per heavy atom. The average Bonchev–Trinajstić information content (AvgIpc) is 3.00. The molecule has 0 amide bonds. The molecule has 98 valence electrons. The summed E-state index contributed by atoms with van der Waals surface area (Å²) in [5, 5.41) is 3.01. The summed E-state index contributed by atoms with van der Waals surface area (Å²) in [4.78, 5) is 17.7. The predicted octanol–water partition coefficient (Wildman–Crippen LogP) is 0.968. The molecule has 6 heteroatoms. The third-order valence-corrected chi connectivity index (χ3v) is 3.90. The van der Waals surface area contributed by atoms with Gasteiger partial charge in [0.05, 0.1) is 0 Å². The van der Waals surface area contributed by atoms with Gasteiger partial charge >= 0.3 is 0 Å². The molecule has 2 bridgehead atoms. The Morgan fingerprint density at radius 2 is 2.06 bits per heavy atom. The van der Waals surface area contributed by atoms with Crippen LogP contribution >= 0.6 is 0 Å². The van der Waals surface area contributed by atoms with Gasteiger partial charge in [0.15, 0.2) is 0 Å². The summed E-state index contributed by atoms with van der Waals surface area (Å²) in [6.07, 6.45) is 3.95. The molecule has 0 radical (unpaired) electrons. The SMILES string of the molecule is CNc1nc(N(C)C)nc(N2CC3CCC2C3)n1. The lowest BCUT2D eigenvalue weighted by Gasteiger charge is -2.27. The fourth-order valence-corrected chi connectivity index (χ4v) is 2.96. The number of fused-ring (bicyclic) bond motifs is 2. The number of nitrogens with one attached hydrogen (secondary N) is 1. The van der Waals surface area contributed by atoms with Gasteiger partial charge in [0.25, 0.3) is 0 Å². The lowest BCUT2D eigenvalue weighted by molar-refractivity contribution is 0.546. The van der Waals surface area contributed by atoms with Gasteiger partial charge in [0, 0.05) is 33.7 Å². The van der Waals surface area contributed by atoms with Gasteiger partial charge in [-0.05, 0) is 25.2 Å². The quantitative estimate of drug-likeness (QED) is 0.860. The van der Waals surface area contributed by atoms with Crippen LogP contribution in [0.3, 0.4) is 0 Å². The Morgan fingerprint density at radius 3 is 2.61 bits per heavy atom. The first kappa shape index (κ1) is 11.5. The van der Waals surface area contributed by atoms with Crippen LogP contribution in [0.15, 0.2) is 0 Å². The van der Waals surface area contributed by atoms with E-state index in [1.54, 1.807) is 0 Å². The van der Waals surface area contributed by atoms with Gasteiger partial charge in [-0.2, -0.15) is 15.0 Å². The van der Waals surface area contributed by atoms with Crippen molar-refractivity contribution in [2.75, 3.05) is 42.8 Å². The molecule has 1 saturated heterocycles. The van der Waals surface area contributed by atoms with Crippen molar-refractivity contribution in [3.8, 4) is 0 Å². The van der Waals surface area contributed by atoms with Crippen LogP contribution in [-0.2, 0) is 0 Å². The van der Waals surface area contributed by atoms with E-state index >= 15 is 0 Å². The molecule has 3 rings (SSSR count). The van der Waals surface area contributed by atoms with Gasteiger partial charge in [0.2, 0.25) is 17.8 Å². The normalized spacial score (nSPS) is 25.6. The second kappa shape index (κ2) is 4.26. The number of rotatable bonds is 3. The van der Waals surface area contributed by atoms with E-state index in [0.717, 1.165) is 18.4 Å². The first-order valence-electron chi connectivity index (χ1n) is 6.55. The van der Waals surface area contributed by atoms with Gasteiger partial charge < -0.3 is 15.1 Å². The Balaban J connectivity index is 1.93. The Hall–Kier alpha value is -1.59. The monoisotopic (exact) mass is 248 g/mol. The highest BCUT2D eigenvalue weighted by atomic mass is 15.4. The van der Waals surface area contributed by atoms with Crippen molar-refractivity contribution in [3.05, 3.63) is 0 Å². The minimum atomic E-state index is 0.636. The molecule has 2 unspecified atom stereocenters. The van der Waals surface area contributed by atoms with Crippen molar-refractivity contribution in [2.24, 2.45) is 5.92 Å². The maximum absolute atomic E-state index is 4.57. The van der Waals surface area contributed by atoms with Crippen LogP contribution < -0.4 is 15.1 Å². The number of anilines is 3. The van der Waals surface area contributed by atoms with E-state index < -0.39 is 0 Å². The zero-order valence-corrected chi connectivity index (χ0v) is 11.2. The van der Waals surface area contributed by atoms with Gasteiger partial charge in [-0.3, -0.25) is 0 Å². The molecule has 0 aromatic carbocycles. The molecule has 1 N–H and O–H groups in total. The lowest BCUT2D eigenvalue weighted by Crippen LogP contribution is -2.34. The highest BCUT2D eigenvalue weighted by Gasteiger charge is 2.39. The van der Waals surface area contributed by atoms with Crippen molar-refractivity contribution in [3.63, 3.8) is 0 Å². The van der Waals surface area contributed by atoms with Crippen molar-refractivity contribution >= 4 is 17.8 Å². The van der Waals surface area contributed by atoms with Crippen LogP contribution in [0.1, 0.15) is 19.3 Å². The Bertz CT molecular complexity index is 446. The van der Waals surface area contributed by atoms with E-state index in [9.17, 15) is 0 Å². The maximum atomic E-state index is 4.57. The predicted molar refractivity (Wildman–Crippen MR) is 72.2 cm³/mol. The molecule has 1 saturated carbocycles. The molecule has 6 nitrogen and oxygen atoms in total. The Kier molecular flexibility index (Phi) is 2.72. The molecular weight excluding hydrogens is 228 g/mol. The maximum Gasteiger partial charge on any atom is 0.232 e. The molecule has 0 spiro atoms. The van der Waals surface area contributed by atoms with E-state index in [0.29, 0.717) is 17.9 Å². The molecule has 2 fully saturated rings. The molecule has 1 aromatic rings. The first-order valence-corrected chi connectivity index (χ1v) is 6.55. The third kappa shape index (κ3) is 1.85. The third-order valence-electron chi connectivity index (χ3n) is 3.90. The summed E-state index contributed by atoms with van der Waals surface area (Å²) in [6, 6.07) is 0.636. The second-order valence-electron chi connectivity index (χ2n) is 5.39. The van der Waals surface area contributed by atoms with Crippen LogP contribution in [0.2, 0.25) is 0 Å². The van der Waals surface area contributed by atoms with Crippen molar-refractivity contribution in [1.82, 2.24) is 15.0 Å².